The maximum absolute atomic E-state index is 6.19. The van der Waals surface area contributed by atoms with Crippen LogP contribution in [0, 0.1) is 6.92 Å². The van der Waals surface area contributed by atoms with Crippen LogP contribution in [0.2, 0.25) is 0 Å². The Morgan fingerprint density at radius 3 is 2.37 bits per heavy atom. The van der Waals surface area contributed by atoms with Crippen LogP contribution in [0.25, 0.3) is 5.69 Å². The lowest BCUT2D eigenvalue weighted by Crippen LogP contribution is -2.29. The van der Waals surface area contributed by atoms with Gasteiger partial charge in [-0.2, -0.15) is 5.10 Å². The van der Waals surface area contributed by atoms with Crippen molar-refractivity contribution in [3.8, 4) is 5.69 Å². The second kappa shape index (κ2) is 4.82. The molecule has 0 aliphatic carbocycles. The van der Waals surface area contributed by atoms with Crippen molar-refractivity contribution in [2.24, 2.45) is 5.73 Å². The van der Waals surface area contributed by atoms with Gasteiger partial charge in [-0.3, -0.25) is 0 Å². The summed E-state index contributed by atoms with van der Waals surface area (Å²) in [7, 11) is 0. The average Bonchev–Trinajstić information content (AvgIpc) is 2.70. The Labute approximate surface area is 115 Å². The highest BCUT2D eigenvalue weighted by atomic mass is 15.3. The molecule has 0 spiro atoms. The molecule has 0 aliphatic heterocycles. The molecule has 1 aromatic carbocycles. The zero-order chi connectivity index (χ0) is 14.2. The second-order valence-electron chi connectivity index (χ2n) is 5.99. The third kappa shape index (κ3) is 2.56. The van der Waals surface area contributed by atoms with Crippen molar-refractivity contribution in [1.82, 2.24) is 9.78 Å². The van der Waals surface area contributed by atoms with Crippen molar-refractivity contribution >= 4 is 0 Å². The van der Waals surface area contributed by atoms with E-state index in [4.69, 9.17) is 5.73 Å². The van der Waals surface area contributed by atoms with Crippen LogP contribution in [-0.4, -0.2) is 9.78 Å². The highest BCUT2D eigenvalue weighted by Crippen LogP contribution is 2.27. The molecule has 0 amide bonds. The Morgan fingerprint density at radius 2 is 1.84 bits per heavy atom. The van der Waals surface area contributed by atoms with Gasteiger partial charge in [0.1, 0.15) is 0 Å². The number of nitrogens with two attached hydrogens (primary N) is 1. The highest BCUT2D eigenvalue weighted by Gasteiger charge is 2.21. The molecule has 19 heavy (non-hydrogen) atoms. The molecule has 1 aromatic heterocycles. The molecule has 0 atom stereocenters. The van der Waals surface area contributed by atoms with E-state index in [2.05, 4.69) is 50.1 Å². The third-order valence-electron chi connectivity index (χ3n) is 3.49. The van der Waals surface area contributed by atoms with Gasteiger partial charge in [-0.15, -0.1) is 0 Å². The smallest absolute Gasteiger partial charge is 0.0683 e. The zero-order valence-corrected chi connectivity index (χ0v) is 12.4. The molecule has 2 aromatic rings. The number of aromatic nitrogens is 2. The van der Waals surface area contributed by atoms with Crippen LogP contribution in [0.4, 0.5) is 0 Å². The average molecular weight is 257 g/mol. The Kier molecular flexibility index (Phi) is 3.50. The summed E-state index contributed by atoms with van der Waals surface area (Å²) >= 11 is 0. The minimum Gasteiger partial charge on any atom is -0.322 e. The maximum atomic E-state index is 6.19. The number of benzene rings is 1. The quantitative estimate of drug-likeness (QED) is 0.914. The van der Waals surface area contributed by atoms with E-state index < -0.39 is 0 Å². The summed E-state index contributed by atoms with van der Waals surface area (Å²) in [5.74, 6) is 0.467. The van der Waals surface area contributed by atoms with Gasteiger partial charge < -0.3 is 5.73 Å². The molecule has 0 aliphatic rings. The lowest BCUT2D eigenvalue weighted by molar-refractivity contribution is 0.550. The Bertz CT molecular complexity index is 574. The zero-order valence-electron chi connectivity index (χ0n) is 12.4. The van der Waals surface area contributed by atoms with E-state index >= 15 is 0 Å². The normalized spacial score (nSPS) is 12.2. The summed E-state index contributed by atoms with van der Waals surface area (Å²) in [5, 5.41) is 4.53. The van der Waals surface area contributed by atoms with Crippen molar-refractivity contribution in [2.75, 3.05) is 0 Å². The van der Waals surface area contributed by atoms with Crippen molar-refractivity contribution in [3.05, 3.63) is 47.3 Å². The van der Waals surface area contributed by atoms with Gasteiger partial charge in [-0.1, -0.05) is 32.0 Å². The van der Waals surface area contributed by atoms with Gasteiger partial charge in [0.2, 0.25) is 0 Å². The van der Waals surface area contributed by atoms with Gasteiger partial charge in [0.05, 0.1) is 11.9 Å². The lowest BCUT2D eigenvalue weighted by atomic mass is 9.96. The number of para-hydroxylation sites is 1. The summed E-state index contributed by atoms with van der Waals surface area (Å²) in [5.41, 5.74) is 10.5. The monoisotopic (exact) mass is 257 g/mol. The molecule has 102 valence electrons. The minimum atomic E-state index is -0.366. The molecule has 0 radical (unpaired) electrons. The van der Waals surface area contributed by atoms with Crippen LogP contribution < -0.4 is 5.73 Å². The molecule has 3 heteroatoms. The number of hydrogen-bond acceptors (Lipinski definition) is 2. The molecule has 2 rings (SSSR count). The topological polar surface area (TPSA) is 43.8 Å². The van der Waals surface area contributed by atoms with Gasteiger partial charge >= 0.3 is 0 Å². The van der Waals surface area contributed by atoms with Crippen LogP contribution in [0.15, 0.2) is 30.5 Å². The van der Waals surface area contributed by atoms with E-state index in [1.165, 1.54) is 5.56 Å². The van der Waals surface area contributed by atoms with Crippen LogP contribution in [-0.2, 0) is 5.54 Å². The Hall–Kier alpha value is -1.61. The van der Waals surface area contributed by atoms with Crippen LogP contribution in [0.3, 0.4) is 0 Å². The van der Waals surface area contributed by atoms with Crippen molar-refractivity contribution in [3.63, 3.8) is 0 Å². The maximum Gasteiger partial charge on any atom is 0.0683 e. The fourth-order valence-corrected chi connectivity index (χ4v) is 2.45. The van der Waals surface area contributed by atoms with Crippen molar-refractivity contribution in [1.29, 1.82) is 0 Å². The Balaban J connectivity index is 2.58. The van der Waals surface area contributed by atoms with E-state index in [1.807, 2.05) is 24.7 Å². The van der Waals surface area contributed by atoms with Crippen LogP contribution in [0.5, 0.6) is 0 Å². The van der Waals surface area contributed by atoms with Gasteiger partial charge in [-0.25, -0.2) is 4.68 Å². The molecule has 1 heterocycles. The summed E-state index contributed by atoms with van der Waals surface area (Å²) in [4.78, 5) is 0. The minimum absolute atomic E-state index is 0.366. The fourth-order valence-electron chi connectivity index (χ4n) is 2.45. The van der Waals surface area contributed by atoms with Crippen LogP contribution >= 0.6 is 0 Å². The van der Waals surface area contributed by atoms with E-state index in [9.17, 15) is 0 Å². The summed E-state index contributed by atoms with van der Waals surface area (Å²) < 4.78 is 2.00. The molecule has 0 bridgehead atoms. The molecule has 0 unspecified atom stereocenters. The van der Waals surface area contributed by atoms with E-state index in [-0.39, 0.29) is 5.54 Å². The second-order valence-corrected chi connectivity index (χ2v) is 5.99. The van der Waals surface area contributed by atoms with Crippen molar-refractivity contribution in [2.45, 2.75) is 46.1 Å². The predicted octanol–water partition coefficient (Wildman–Crippen LogP) is 3.50. The molecule has 3 nitrogen and oxygen atoms in total. The van der Waals surface area contributed by atoms with Gasteiger partial charge in [0.15, 0.2) is 0 Å². The number of hydrogen-bond donors (Lipinski definition) is 1. The lowest BCUT2D eigenvalue weighted by Gasteiger charge is -2.19. The summed E-state index contributed by atoms with van der Waals surface area (Å²) in [6.07, 6.45) is 1.88. The van der Waals surface area contributed by atoms with Crippen molar-refractivity contribution < 1.29 is 0 Å². The highest BCUT2D eigenvalue weighted by molar-refractivity contribution is 5.44. The van der Waals surface area contributed by atoms with Gasteiger partial charge in [0.25, 0.3) is 0 Å². The summed E-state index contributed by atoms with van der Waals surface area (Å²) in [6, 6.07) is 8.40. The predicted molar refractivity (Wildman–Crippen MR) is 79.6 cm³/mol. The van der Waals surface area contributed by atoms with Crippen LogP contribution in [0.1, 0.15) is 50.4 Å². The number of rotatable bonds is 3. The molecule has 0 saturated carbocycles. The Morgan fingerprint density at radius 1 is 1.21 bits per heavy atom. The van der Waals surface area contributed by atoms with E-state index in [0.29, 0.717) is 5.92 Å². The summed E-state index contributed by atoms with van der Waals surface area (Å²) in [6.45, 7) is 10.5. The van der Waals surface area contributed by atoms with E-state index in [1.54, 1.807) is 0 Å². The molecule has 0 fully saturated rings. The first-order valence-electron chi connectivity index (χ1n) is 6.75. The number of nitrogens with zero attached hydrogens (tertiary/aromatic N) is 2. The third-order valence-corrected chi connectivity index (χ3v) is 3.49. The SMILES string of the molecule is Cc1c(C(C)(C)N)cnn1-c1ccccc1C(C)C. The first-order chi connectivity index (χ1) is 8.82. The molecular formula is C16H23N3. The van der Waals surface area contributed by atoms with Gasteiger partial charge in [-0.05, 0) is 38.3 Å². The molecule has 0 saturated heterocycles. The van der Waals surface area contributed by atoms with Gasteiger partial charge in [0, 0.05) is 16.8 Å². The molecule has 2 N–H and O–H groups in total. The largest absolute Gasteiger partial charge is 0.322 e. The standard InChI is InChI=1S/C16H23N3/c1-11(2)13-8-6-7-9-15(13)19-12(3)14(10-18-19)16(4,5)17/h6-11H,17H2,1-5H3. The van der Waals surface area contributed by atoms with E-state index in [0.717, 1.165) is 16.9 Å². The molecular weight excluding hydrogens is 234 g/mol. The first-order valence-corrected chi connectivity index (χ1v) is 6.75. The fraction of sp³-hybridized carbons (Fsp3) is 0.438. The first kappa shape index (κ1) is 13.8.